The van der Waals surface area contributed by atoms with Crippen molar-refractivity contribution in [3.05, 3.63) is 94.8 Å². The highest BCUT2D eigenvalue weighted by atomic mass is 35.5. The number of aryl methyl sites for hydroxylation is 3. The fraction of sp³-hybridized carbons (Fsp3) is 0.259. The van der Waals surface area contributed by atoms with E-state index in [-0.39, 0.29) is 5.91 Å². The second kappa shape index (κ2) is 11.0. The van der Waals surface area contributed by atoms with E-state index in [4.69, 9.17) is 21.3 Å². The van der Waals surface area contributed by atoms with Gasteiger partial charge in [0.1, 0.15) is 11.6 Å². The van der Waals surface area contributed by atoms with Crippen LogP contribution in [0.25, 0.3) is 11.0 Å². The average molecular weight is 462 g/mol. The zero-order valence-electron chi connectivity index (χ0n) is 18.8. The van der Waals surface area contributed by atoms with Crippen molar-refractivity contribution < 1.29 is 9.53 Å². The van der Waals surface area contributed by atoms with Crippen LogP contribution in [-0.4, -0.2) is 28.6 Å². The number of amides is 1. The summed E-state index contributed by atoms with van der Waals surface area (Å²) >= 11 is 6.12. The molecule has 6 heteroatoms. The van der Waals surface area contributed by atoms with Crippen LogP contribution in [0.2, 0.25) is 5.02 Å². The van der Waals surface area contributed by atoms with Crippen LogP contribution in [0, 0.1) is 6.92 Å². The molecule has 0 radical (unpaired) electrons. The van der Waals surface area contributed by atoms with Crippen LogP contribution in [0.4, 0.5) is 0 Å². The summed E-state index contributed by atoms with van der Waals surface area (Å²) in [5.41, 5.74) is 3.76. The maximum atomic E-state index is 12.4. The van der Waals surface area contributed by atoms with Crippen LogP contribution in [0.1, 0.15) is 34.6 Å². The molecule has 5 nitrogen and oxygen atoms in total. The lowest BCUT2D eigenvalue weighted by atomic mass is 10.2. The summed E-state index contributed by atoms with van der Waals surface area (Å²) in [4.78, 5) is 17.2. The van der Waals surface area contributed by atoms with Crippen molar-refractivity contribution in [3.8, 4) is 5.75 Å². The number of nitrogens with zero attached hydrogens (tertiary/aromatic N) is 2. The van der Waals surface area contributed by atoms with Gasteiger partial charge in [0.25, 0.3) is 5.91 Å². The predicted molar refractivity (Wildman–Crippen MR) is 133 cm³/mol. The molecule has 0 unspecified atom stereocenters. The van der Waals surface area contributed by atoms with Gasteiger partial charge in [0.05, 0.1) is 28.2 Å². The Hall–Kier alpha value is -3.31. The van der Waals surface area contributed by atoms with Gasteiger partial charge in [-0.3, -0.25) is 4.79 Å². The third-order valence-corrected chi connectivity index (χ3v) is 5.92. The first kappa shape index (κ1) is 22.9. The Labute approximate surface area is 199 Å². The number of rotatable bonds is 10. The number of aromatic nitrogens is 2. The second-order valence-corrected chi connectivity index (χ2v) is 8.38. The summed E-state index contributed by atoms with van der Waals surface area (Å²) in [6.07, 6.45) is 2.44. The molecule has 0 bridgehead atoms. The molecule has 0 aliphatic heterocycles. The number of ether oxygens (including phenoxy) is 1. The zero-order chi connectivity index (χ0) is 23.0. The maximum Gasteiger partial charge on any atom is 0.252 e. The van der Waals surface area contributed by atoms with Crippen molar-refractivity contribution in [2.75, 3.05) is 13.2 Å². The zero-order valence-corrected chi connectivity index (χ0v) is 19.5. The lowest BCUT2D eigenvalue weighted by molar-refractivity contribution is 0.0953. The molecule has 33 heavy (non-hydrogen) atoms. The van der Waals surface area contributed by atoms with E-state index < -0.39 is 0 Å². The van der Waals surface area contributed by atoms with Crippen LogP contribution in [-0.2, 0) is 13.0 Å². The Morgan fingerprint density at radius 3 is 2.61 bits per heavy atom. The SMILES string of the molecule is Cc1ccccc1OCCCn1c(CCCNC(=O)c2ccccc2Cl)nc2ccccc21. The molecule has 4 aromatic rings. The summed E-state index contributed by atoms with van der Waals surface area (Å²) in [5.74, 6) is 1.81. The lowest BCUT2D eigenvalue weighted by Crippen LogP contribution is -2.25. The topological polar surface area (TPSA) is 56.1 Å². The molecule has 0 aliphatic rings. The Bertz CT molecular complexity index is 1240. The molecule has 0 saturated carbocycles. The van der Waals surface area contributed by atoms with Crippen molar-refractivity contribution in [3.63, 3.8) is 0 Å². The van der Waals surface area contributed by atoms with Gasteiger partial charge in [-0.25, -0.2) is 4.98 Å². The number of hydrogen-bond acceptors (Lipinski definition) is 3. The number of halogens is 1. The number of fused-ring (bicyclic) bond motifs is 1. The van der Waals surface area contributed by atoms with Gasteiger partial charge in [0, 0.05) is 19.5 Å². The third-order valence-electron chi connectivity index (χ3n) is 5.59. The van der Waals surface area contributed by atoms with Crippen LogP contribution in [0.3, 0.4) is 0 Å². The number of benzene rings is 3. The maximum absolute atomic E-state index is 12.4. The fourth-order valence-corrected chi connectivity index (χ4v) is 4.10. The largest absolute Gasteiger partial charge is 0.493 e. The number of hydrogen-bond donors (Lipinski definition) is 1. The average Bonchev–Trinajstić information content (AvgIpc) is 3.18. The Morgan fingerprint density at radius 2 is 1.76 bits per heavy atom. The summed E-state index contributed by atoms with van der Waals surface area (Å²) < 4.78 is 8.24. The van der Waals surface area contributed by atoms with E-state index in [9.17, 15) is 4.79 Å². The molecule has 0 aliphatic carbocycles. The van der Waals surface area contributed by atoms with Crippen LogP contribution in [0.5, 0.6) is 5.75 Å². The Balaban J connectivity index is 1.34. The molecule has 1 amide bonds. The van der Waals surface area contributed by atoms with Crippen molar-refractivity contribution >= 4 is 28.5 Å². The van der Waals surface area contributed by atoms with Gasteiger partial charge in [-0.15, -0.1) is 0 Å². The minimum Gasteiger partial charge on any atom is -0.493 e. The van der Waals surface area contributed by atoms with Crippen molar-refractivity contribution in [2.45, 2.75) is 32.7 Å². The molecule has 0 saturated heterocycles. The van der Waals surface area contributed by atoms with E-state index in [1.54, 1.807) is 12.1 Å². The number of imidazole rings is 1. The van der Waals surface area contributed by atoms with Crippen LogP contribution >= 0.6 is 11.6 Å². The van der Waals surface area contributed by atoms with Crippen LogP contribution in [0.15, 0.2) is 72.8 Å². The van der Waals surface area contributed by atoms with E-state index in [2.05, 4.69) is 28.9 Å². The first-order chi connectivity index (χ1) is 16.1. The van der Waals surface area contributed by atoms with E-state index in [0.717, 1.165) is 54.0 Å². The van der Waals surface area contributed by atoms with E-state index >= 15 is 0 Å². The Morgan fingerprint density at radius 1 is 1.00 bits per heavy atom. The number of carbonyl (C=O) groups is 1. The highest BCUT2D eigenvalue weighted by Crippen LogP contribution is 2.19. The highest BCUT2D eigenvalue weighted by Gasteiger charge is 2.12. The van der Waals surface area contributed by atoms with Gasteiger partial charge >= 0.3 is 0 Å². The molecule has 170 valence electrons. The summed E-state index contributed by atoms with van der Waals surface area (Å²) in [5, 5.41) is 3.42. The van der Waals surface area contributed by atoms with Gasteiger partial charge in [0.15, 0.2) is 0 Å². The lowest BCUT2D eigenvalue weighted by Gasteiger charge is -2.12. The quantitative estimate of drug-likeness (QED) is 0.302. The smallest absolute Gasteiger partial charge is 0.252 e. The molecule has 1 aromatic heterocycles. The molecule has 0 fully saturated rings. The fourth-order valence-electron chi connectivity index (χ4n) is 3.88. The van der Waals surface area contributed by atoms with Crippen LogP contribution < -0.4 is 10.1 Å². The Kier molecular flexibility index (Phi) is 7.63. The first-order valence-corrected chi connectivity index (χ1v) is 11.7. The molecule has 3 aromatic carbocycles. The normalized spacial score (nSPS) is 11.0. The number of carbonyl (C=O) groups excluding carboxylic acids is 1. The van der Waals surface area contributed by atoms with Gasteiger partial charge in [0.2, 0.25) is 0 Å². The molecular formula is C27H28ClN3O2. The minimum absolute atomic E-state index is 0.151. The van der Waals surface area contributed by atoms with Gasteiger partial charge < -0.3 is 14.6 Å². The molecule has 0 spiro atoms. The molecule has 1 N–H and O–H groups in total. The number of nitrogens with one attached hydrogen (secondary N) is 1. The predicted octanol–water partition coefficient (Wildman–Crippen LogP) is 5.83. The van der Waals surface area contributed by atoms with Crippen molar-refractivity contribution in [2.24, 2.45) is 0 Å². The minimum atomic E-state index is -0.151. The summed E-state index contributed by atoms with van der Waals surface area (Å²) in [6.45, 7) is 4.09. The first-order valence-electron chi connectivity index (χ1n) is 11.3. The molecule has 0 atom stereocenters. The van der Waals surface area contributed by atoms with Gasteiger partial charge in [-0.2, -0.15) is 0 Å². The van der Waals surface area contributed by atoms with E-state index in [1.807, 2.05) is 48.5 Å². The standard InChI is InChI=1S/C27H28ClN3O2/c1-20-10-2-7-15-25(20)33-19-9-18-31-24-14-6-5-13-23(24)30-26(31)16-8-17-29-27(32)21-11-3-4-12-22(21)28/h2-7,10-15H,8-9,16-19H2,1H3,(H,29,32). The van der Waals surface area contributed by atoms with Crippen molar-refractivity contribution in [1.29, 1.82) is 0 Å². The van der Waals surface area contributed by atoms with Crippen molar-refractivity contribution in [1.82, 2.24) is 14.9 Å². The summed E-state index contributed by atoms with van der Waals surface area (Å²) in [7, 11) is 0. The third kappa shape index (κ3) is 5.74. The molecule has 1 heterocycles. The highest BCUT2D eigenvalue weighted by molar-refractivity contribution is 6.33. The molecular weight excluding hydrogens is 434 g/mol. The second-order valence-electron chi connectivity index (χ2n) is 7.98. The van der Waals surface area contributed by atoms with E-state index in [0.29, 0.717) is 23.7 Å². The van der Waals surface area contributed by atoms with Gasteiger partial charge in [-0.1, -0.05) is 54.1 Å². The van der Waals surface area contributed by atoms with E-state index in [1.165, 1.54) is 0 Å². The monoisotopic (exact) mass is 461 g/mol. The molecule has 4 rings (SSSR count). The van der Waals surface area contributed by atoms with Gasteiger partial charge in [-0.05, 0) is 55.7 Å². The number of para-hydroxylation sites is 3. The summed E-state index contributed by atoms with van der Waals surface area (Å²) in [6, 6.07) is 23.3.